The Labute approximate surface area is 112 Å². The van der Waals surface area contributed by atoms with E-state index in [0.717, 1.165) is 5.69 Å². The van der Waals surface area contributed by atoms with Gasteiger partial charge in [-0.1, -0.05) is 0 Å². The number of aromatic nitrogens is 2. The summed E-state index contributed by atoms with van der Waals surface area (Å²) in [5, 5.41) is 6.66. The zero-order chi connectivity index (χ0) is 14.0. The summed E-state index contributed by atoms with van der Waals surface area (Å²) in [5.41, 5.74) is 5.83. The Hall–Kier alpha value is -1.76. The Morgan fingerprint density at radius 3 is 2.95 bits per heavy atom. The molecule has 2 heterocycles. The van der Waals surface area contributed by atoms with Crippen LogP contribution in [0.5, 0.6) is 0 Å². The number of aromatic amines is 1. The molecule has 0 aromatic carbocycles. The molecule has 1 amide bonds. The fourth-order valence-corrected chi connectivity index (χ4v) is 1.85. The molecule has 106 valence electrons. The molecule has 1 atom stereocenters. The number of anilines is 1. The molecule has 0 spiro atoms. The second kappa shape index (κ2) is 5.08. The summed E-state index contributed by atoms with van der Waals surface area (Å²) >= 11 is 0. The van der Waals surface area contributed by atoms with Crippen LogP contribution in [-0.2, 0) is 9.47 Å². The molecule has 1 aliphatic heterocycles. The lowest BCUT2D eigenvalue weighted by atomic mass is 10.2. The van der Waals surface area contributed by atoms with Crippen molar-refractivity contribution in [3.63, 3.8) is 0 Å². The van der Waals surface area contributed by atoms with Gasteiger partial charge in [0.15, 0.2) is 0 Å². The van der Waals surface area contributed by atoms with Gasteiger partial charge in [0.25, 0.3) is 0 Å². The number of morpholine rings is 1. The molecule has 1 unspecified atom stereocenters. The van der Waals surface area contributed by atoms with Crippen LogP contribution < -0.4 is 5.73 Å². The van der Waals surface area contributed by atoms with Crippen LogP contribution in [0.4, 0.5) is 10.6 Å². The number of rotatable bonds is 1. The molecule has 3 N–H and O–H groups in total. The molecule has 1 aliphatic rings. The maximum atomic E-state index is 12.0. The summed E-state index contributed by atoms with van der Waals surface area (Å²) in [4.78, 5) is 13.6. The molecular formula is C12H20N4O3. The van der Waals surface area contributed by atoms with Crippen molar-refractivity contribution in [1.29, 1.82) is 0 Å². The highest BCUT2D eigenvalue weighted by molar-refractivity contribution is 5.68. The van der Waals surface area contributed by atoms with E-state index in [4.69, 9.17) is 15.2 Å². The number of nitrogens with one attached hydrogen (secondary N) is 1. The van der Waals surface area contributed by atoms with Gasteiger partial charge in [0.2, 0.25) is 0 Å². The first-order valence-electron chi connectivity index (χ1n) is 6.25. The summed E-state index contributed by atoms with van der Waals surface area (Å²) in [6, 6.07) is 1.71. The highest BCUT2D eigenvalue weighted by atomic mass is 16.6. The van der Waals surface area contributed by atoms with Crippen LogP contribution >= 0.6 is 0 Å². The molecule has 0 aliphatic carbocycles. The lowest BCUT2D eigenvalue weighted by Gasteiger charge is -2.33. The number of hydrogen-bond acceptors (Lipinski definition) is 5. The number of H-pyrrole nitrogens is 1. The summed E-state index contributed by atoms with van der Waals surface area (Å²) in [6.45, 7) is 6.95. The number of nitrogen functional groups attached to an aromatic ring is 1. The first-order valence-corrected chi connectivity index (χ1v) is 6.25. The van der Waals surface area contributed by atoms with Crippen molar-refractivity contribution < 1.29 is 14.3 Å². The second-order valence-corrected chi connectivity index (χ2v) is 5.53. The van der Waals surface area contributed by atoms with Gasteiger partial charge >= 0.3 is 6.09 Å². The molecule has 1 aromatic rings. The number of hydrogen-bond donors (Lipinski definition) is 2. The molecule has 0 saturated carbocycles. The lowest BCUT2D eigenvalue weighted by Crippen LogP contribution is -2.44. The van der Waals surface area contributed by atoms with Crippen molar-refractivity contribution in [2.75, 3.05) is 25.4 Å². The second-order valence-electron chi connectivity index (χ2n) is 5.53. The van der Waals surface area contributed by atoms with Gasteiger partial charge in [0, 0.05) is 12.6 Å². The molecule has 2 rings (SSSR count). The monoisotopic (exact) mass is 268 g/mol. The van der Waals surface area contributed by atoms with Crippen LogP contribution in [0, 0.1) is 0 Å². The van der Waals surface area contributed by atoms with Crippen LogP contribution in [0.25, 0.3) is 0 Å². The Morgan fingerprint density at radius 2 is 2.37 bits per heavy atom. The highest BCUT2D eigenvalue weighted by Crippen LogP contribution is 2.22. The van der Waals surface area contributed by atoms with E-state index >= 15 is 0 Å². The number of carbonyl (C=O) groups excluding carboxylic acids is 1. The molecule has 1 saturated heterocycles. The molecule has 1 aromatic heterocycles. The first kappa shape index (κ1) is 13.7. The fourth-order valence-electron chi connectivity index (χ4n) is 1.85. The van der Waals surface area contributed by atoms with Crippen molar-refractivity contribution in [1.82, 2.24) is 15.1 Å². The maximum absolute atomic E-state index is 12.0. The molecule has 7 nitrogen and oxygen atoms in total. The van der Waals surface area contributed by atoms with Crippen molar-refractivity contribution in [2.45, 2.75) is 32.5 Å². The normalized spacial score (nSPS) is 20.4. The van der Waals surface area contributed by atoms with Gasteiger partial charge in [0.1, 0.15) is 17.5 Å². The molecule has 7 heteroatoms. The summed E-state index contributed by atoms with van der Waals surface area (Å²) in [7, 11) is 0. The quantitative estimate of drug-likeness (QED) is 0.800. The SMILES string of the molecule is CC(C)(C)OC(=O)N1CCOC(c2cc(N)n[nH]2)C1. The van der Waals surface area contributed by atoms with E-state index < -0.39 is 5.60 Å². The van der Waals surface area contributed by atoms with E-state index in [1.807, 2.05) is 20.8 Å². The van der Waals surface area contributed by atoms with Gasteiger partial charge in [-0.25, -0.2) is 4.79 Å². The van der Waals surface area contributed by atoms with Crippen molar-refractivity contribution >= 4 is 11.9 Å². The van der Waals surface area contributed by atoms with Crippen LogP contribution in [0.1, 0.15) is 32.6 Å². The average Bonchev–Trinajstić information content (AvgIpc) is 2.74. The fraction of sp³-hybridized carbons (Fsp3) is 0.667. The molecule has 19 heavy (non-hydrogen) atoms. The minimum Gasteiger partial charge on any atom is -0.444 e. The number of nitrogens with two attached hydrogens (primary N) is 1. The minimum absolute atomic E-state index is 0.244. The Morgan fingerprint density at radius 1 is 1.63 bits per heavy atom. The third kappa shape index (κ3) is 3.60. The zero-order valence-electron chi connectivity index (χ0n) is 11.5. The van der Waals surface area contributed by atoms with Crippen molar-refractivity contribution in [3.05, 3.63) is 11.8 Å². The van der Waals surface area contributed by atoms with Crippen LogP contribution in [0.3, 0.4) is 0 Å². The molecular weight excluding hydrogens is 248 g/mol. The smallest absolute Gasteiger partial charge is 0.410 e. The van der Waals surface area contributed by atoms with Gasteiger partial charge in [-0.05, 0) is 20.8 Å². The number of amides is 1. The largest absolute Gasteiger partial charge is 0.444 e. The third-order valence-corrected chi connectivity index (χ3v) is 2.68. The molecule has 0 bridgehead atoms. The van der Waals surface area contributed by atoms with E-state index in [0.29, 0.717) is 25.5 Å². The van der Waals surface area contributed by atoms with E-state index in [1.165, 1.54) is 0 Å². The topological polar surface area (TPSA) is 93.5 Å². The summed E-state index contributed by atoms with van der Waals surface area (Å²) < 4.78 is 11.0. The number of ether oxygens (including phenoxy) is 2. The number of carbonyl (C=O) groups is 1. The lowest BCUT2D eigenvalue weighted by molar-refractivity contribution is -0.0447. The average molecular weight is 268 g/mol. The van der Waals surface area contributed by atoms with Crippen LogP contribution in [0.2, 0.25) is 0 Å². The van der Waals surface area contributed by atoms with E-state index in [9.17, 15) is 4.79 Å². The van der Waals surface area contributed by atoms with Gasteiger partial charge in [-0.15, -0.1) is 0 Å². The Balaban J connectivity index is 1.99. The molecule has 1 fully saturated rings. The van der Waals surface area contributed by atoms with E-state index in [1.54, 1.807) is 11.0 Å². The van der Waals surface area contributed by atoms with Gasteiger partial charge in [0.05, 0.1) is 18.8 Å². The van der Waals surface area contributed by atoms with Crippen LogP contribution in [0.15, 0.2) is 6.07 Å². The number of nitrogens with zero attached hydrogens (tertiary/aromatic N) is 2. The summed E-state index contributed by atoms with van der Waals surface area (Å²) in [6.07, 6.45) is -0.570. The van der Waals surface area contributed by atoms with Crippen molar-refractivity contribution in [3.8, 4) is 0 Å². The maximum Gasteiger partial charge on any atom is 0.410 e. The zero-order valence-corrected chi connectivity index (χ0v) is 11.5. The van der Waals surface area contributed by atoms with Gasteiger partial charge in [-0.3, -0.25) is 5.10 Å². The Bertz CT molecular complexity index is 452. The highest BCUT2D eigenvalue weighted by Gasteiger charge is 2.29. The molecule has 0 radical (unpaired) electrons. The van der Waals surface area contributed by atoms with Crippen LogP contribution in [-0.4, -0.2) is 46.5 Å². The Kier molecular flexibility index (Phi) is 3.66. The predicted octanol–water partition coefficient (Wildman–Crippen LogP) is 1.30. The standard InChI is InChI=1S/C12H20N4O3/c1-12(2,3)19-11(17)16-4-5-18-9(7-16)8-6-10(13)15-14-8/h6,9H,4-5,7H2,1-3H3,(H3,13,14,15). The minimum atomic E-state index is -0.497. The summed E-state index contributed by atoms with van der Waals surface area (Å²) in [5.74, 6) is 0.410. The van der Waals surface area contributed by atoms with Crippen molar-refractivity contribution in [2.24, 2.45) is 0 Å². The predicted molar refractivity (Wildman–Crippen MR) is 69.5 cm³/mol. The van der Waals surface area contributed by atoms with Gasteiger partial charge in [-0.2, -0.15) is 5.10 Å². The van der Waals surface area contributed by atoms with E-state index in [2.05, 4.69) is 10.2 Å². The third-order valence-electron chi connectivity index (χ3n) is 2.68. The first-order chi connectivity index (χ1) is 8.85. The van der Waals surface area contributed by atoms with E-state index in [-0.39, 0.29) is 12.2 Å². The van der Waals surface area contributed by atoms with Gasteiger partial charge < -0.3 is 20.1 Å².